The minimum absolute atomic E-state index is 0.0867. The molecule has 1 unspecified atom stereocenters. The van der Waals surface area contributed by atoms with E-state index >= 15 is 0 Å². The second kappa shape index (κ2) is 4.71. The van der Waals surface area contributed by atoms with Crippen LogP contribution in [0.3, 0.4) is 0 Å². The summed E-state index contributed by atoms with van der Waals surface area (Å²) in [5, 5.41) is 10.4. The molecule has 0 rings (SSSR count). The number of carbonyl (C=O) groups is 2. The lowest BCUT2D eigenvalue weighted by molar-refractivity contribution is -0.117. The van der Waals surface area contributed by atoms with Crippen LogP contribution in [-0.2, 0) is 4.79 Å². The van der Waals surface area contributed by atoms with Crippen molar-refractivity contribution >= 4 is 11.9 Å². The highest BCUT2D eigenvalue weighted by Gasteiger charge is 2.05. The molecular formula is C7H13NO3. The van der Waals surface area contributed by atoms with E-state index in [0.29, 0.717) is 13.0 Å². The van der Waals surface area contributed by atoms with E-state index in [0.717, 1.165) is 0 Å². The Labute approximate surface area is 65.6 Å². The van der Waals surface area contributed by atoms with Crippen molar-refractivity contribution in [1.29, 1.82) is 0 Å². The molecule has 64 valence electrons. The molecule has 11 heavy (non-hydrogen) atoms. The van der Waals surface area contributed by atoms with Gasteiger partial charge in [-0.1, -0.05) is 6.92 Å². The summed E-state index contributed by atoms with van der Waals surface area (Å²) in [6.45, 7) is 3.67. The average molecular weight is 159 g/mol. The van der Waals surface area contributed by atoms with E-state index in [1.54, 1.807) is 0 Å². The van der Waals surface area contributed by atoms with E-state index in [4.69, 9.17) is 5.11 Å². The number of amides is 1. The molecule has 0 bridgehead atoms. The number of carboxylic acid groups (broad SMARTS) is 1. The number of hydrogen-bond donors (Lipinski definition) is 2. The van der Waals surface area contributed by atoms with Crippen molar-refractivity contribution in [3.8, 4) is 0 Å². The standard InChI is InChI=1S/C7H13NO3/c1-5(3-6(2)9)4-8-7(10)11/h5,8H,3-4H2,1-2H3,(H,10,11). The van der Waals surface area contributed by atoms with Gasteiger partial charge >= 0.3 is 6.09 Å². The molecule has 1 amide bonds. The summed E-state index contributed by atoms with van der Waals surface area (Å²) in [4.78, 5) is 20.5. The first-order valence-electron chi connectivity index (χ1n) is 3.48. The molecule has 4 heteroatoms. The molecule has 0 saturated heterocycles. The molecule has 0 aliphatic carbocycles. The molecule has 1 atom stereocenters. The first-order valence-corrected chi connectivity index (χ1v) is 3.48. The molecule has 0 heterocycles. The quantitative estimate of drug-likeness (QED) is 0.639. The predicted octanol–water partition coefficient (Wildman–Crippen LogP) is 0.869. The van der Waals surface area contributed by atoms with Crippen molar-refractivity contribution in [3.63, 3.8) is 0 Å². The molecule has 0 aromatic carbocycles. The van der Waals surface area contributed by atoms with Gasteiger partial charge in [0.2, 0.25) is 0 Å². The van der Waals surface area contributed by atoms with E-state index in [1.807, 2.05) is 6.92 Å². The molecule has 4 nitrogen and oxygen atoms in total. The fourth-order valence-corrected chi connectivity index (χ4v) is 0.824. The zero-order chi connectivity index (χ0) is 8.85. The van der Waals surface area contributed by atoms with Gasteiger partial charge < -0.3 is 15.2 Å². The van der Waals surface area contributed by atoms with Gasteiger partial charge in [-0.15, -0.1) is 0 Å². The van der Waals surface area contributed by atoms with Crippen molar-refractivity contribution in [2.45, 2.75) is 20.3 Å². The third-order valence-electron chi connectivity index (χ3n) is 1.24. The lowest BCUT2D eigenvalue weighted by Gasteiger charge is -2.07. The molecule has 0 radical (unpaired) electrons. The van der Waals surface area contributed by atoms with Crippen LogP contribution in [0.5, 0.6) is 0 Å². The molecule has 0 fully saturated rings. The molecule has 2 N–H and O–H groups in total. The minimum atomic E-state index is -1.04. The van der Waals surface area contributed by atoms with E-state index in [2.05, 4.69) is 5.32 Å². The molecule has 0 spiro atoms. The highest BCUT2D eigenvalue weighted by Crippen LogP contribution is 1.99. The Bertz CT molecular complexity index is 156. The fourth-order valence-electron chi connectivity index (χ4n) is 0.824. The van der Waals surface area contributed by atoms with Gasteiger partial charge in [0.15, 0.2) is 0 Å². The Morgan fingerprint density at radius 3 is 2.45 bits per heavy atom. The number of nitrogens with one attached hydrogen (secondary N) is 1. The highest BCUT2D eigenvalue weighted by molar-refractivity contribution is 5.75. The van der Waals surface area contributed by atoms with Crippen LogP contribution < -0.4 is 5.32 Å². The Hall–Kier alpha value is -1.06. The minimum Gasteiger partial charge on any atom is -0.465 e. The van der Waals surface area contributed by atoms with Gasteiger partial charge in [0.1, 0.15) is 5.78 Å². The largest absolute Gasteiger partial charge is 0.465 e. The fraction of sp³-hybridized carbons (Fsp3) is 0.714. The second-order valence-corrected chi connectivity index (χ2v) is 2.70. The molecule has 0 aliphatic heterocycles. The Balaban J connectivity index is 3.44. The summed E-state index contributed by atoms with van der Waals surface area (Å²) in [5.41, 5.74) is 0. The monoisotopic (exact) mass is 159 g/mol. The van der Waals surface area contributed by atoms with Gasteiger partial charge in [0.25, 0.3) is 0 Å². The van der Waals surface area contributed by atoms with Crippen LogP contribution in [0.15, 0.2) is 0 Å². The third-order valence-corrected chi connectivity index (χ3v) is 1.24. The van der Waals surface area contributed by atoms with E-state index in [9.17, 15) is 9.59 Å². The molecule has 0 aromatic rings. The summed E-state index contributed by atoms with van der Waals surface area (Å²) >= 11 is 0. The SMILES string of the molecule is CC(=O)CC(C)CNC(=O)O. The van der Waals surface area contributed by atoms with Gasteiger partial charge in [-0.3, -0.25) is 0 Å². The zero-order valence-electron chi connectivity index (χ0n) is 6.76. The third kappa shape index (κ3) is 6.83. The summed E-state index contributed by atoms with van der Waals surface area (Å²) in [5.74, 6) is 0.174. The number of hydrogen-bond acceptors (Lipinski definition) is 2. The second-order valence-electron chi connectivity index (χ2n) is 2.70. The van der Waals surface area contributed by atoms with Gasteiger partial charge in [-0.25, -0.2) is 4.79 Å². The Kier molecular flexibility index (Phi) is 4.26. The van der Waals surface area contributed by atoms with Crippen LogP contribution in [0.4, 0.5) is 4.79 Å². The summed E-state index contributed by atoms with van der Waals surface area (Å²) in [6, 6.07) is 0. The molecule has 0 aromatic heterocycles. The zero-order valence-corrected chi connectivity index (χ0v) is 6.76. The number of carbonyl (C=O) groups excluding carboxylic acids is 1. The van der Waals surface area contributed by atoms with Gasteiger partial charge in [0, 0.05) is 13.0 Å². The number of ketones is 1. The maximum atomic E-state index is 10.5. The number of rotatable bonds is 4. The van der Waals surface area contributed by atoms with E-state index in [-0.39, 0.29) is 11.7 Å². The predicted molar refractivity (Wildman–Crippen MR) is 40.5 cm³/mol. The smallest absolute Gasteiger partial charge is 0.404 e. The average Bonchev–Trinajstić information content (AvgIpc) is 1.82. The summed E-state index contributed by atoms with van der Waals surface area (Å²) in [6.07, 6.45) is -0.610. The van der Waals surface area contributed by atoms with Gasteiger partial charge in [0.05, 0.1) is 0 Å². The van der Waals surface area contributed by atoms with Crippen LogP contribution in [0.2, 0.25) is 0 Å². The Morgan fingerprint density at radius 2 is 2.09 bits per heavy atom. The normalized spacial score (nSPS) is 12.2. The van der Waals surface area contributed by atoms with Crippen LogP contribution in [-0.4, -0.2) is 23.5 Å². The van der Waals surface area contributed by atoms with Crippen molar-refractivity contribution in [2.75, 3.05) is 6.54 Å². The van der Waals surface area contributed by atoms with Crippen molar-refractivity contribution < 1.29 is 14.7 Å². The molecule has 0 saturated carbocycles. The number of Topliss-reactive ketones (excluding diaryl/α,β-unsaturated/α-hetero) is 1. The topological polar surface area (TPSA) is 66.4 Å². The van der Waals surface area contributed by atoms with Gasteiger partial charge in [-0.05, 0) is 12.8 Å². The molecule has 0 aliphatic rings. The van der Waals surface area contributed by atoms with Crippen molar-refractivity contribution in [2.24, 2.45) is 5.92 Å². The lowest BCUT2D eigenvalue weighted by Crippen LogP contribution is -2.27. The van der Waals surface area contributed by atoms with Crippen LogP contribution >= 0.6 is 0 Å². The van der Waals surface area contributed by atoms with E-state index in [1.165, 1.54) is 6.92 Å². The highest BCUT2D eigenvalue weighted by atomic mass is 16.4. The lowest BCUT2D eigenvalue weighted by atomic mass is 10.1. The Morgan fingerprint density at radius 1 is 1.55 bits per heavy atom. The van der Waals surface area contributed by atoms with E-state index < -0.39 is 6.09 Å². The van der Waals surface area contributed by atoms with Crippen LogP contribution in [0.25, 0.3) is 0 Å². The first-order chi connectivity index (χ1) is 5.02. The molecular weight excluding hydrogens is 146 g/mol. The first kappa shape index (κ1) is 9.94. The summed E-state index contributed by atoms with van der Waals surface area (Å²) < 4.78 is 0. The van der Waals surface area contributed by atoms with Crippen molar-refractivity contribution in [3.05, 3.63) is 0 Å². The maximum Gasteiger partial charge on any atom is 0.404 e. The maximum absolute atomic E-state index is 10.5. The van der Waals surface area contributed by atoms with Crippen LogP contribution in [0, 0.1) is 5.92 Å². The summed E-state index contributed by atoms with van der Waals surface area (Å²) in [7, 11) is 0. The van der Waals surface area contributed by atoms with Crippen molar-refractivity contribution in [1.82, 2.24) is 5.32 Å². The van der Waals surface area contributed by atoms with Gasteiger partial charge in [-0.2, -0.15) is 0 Å². The van der Waals surface area contributed by atoms with Crippen LogP contribution in [0.1, 0.15) is 20.3 Å².